The van der Waals surface area contributed by atoms with E-state index >= 15 is 0 Å². The second kappa shape index (κ2) is 8.08. The Morgan fingerprint density at radius 3 is 2.67 bits per heavy atom. The zero-order chi connectivity index (χ0) is 10.9. The van der Waals surface area contributed by atoms with Crippen molar-refractivity contribution in [2.75, 3.05) is 32.8 Å². The van der Waals surface area contributed by atoms with E-state index in [1.807, 2.05) is 0 Å². The molecule has 1 saturated heterocycles. The van der Waals surface area contributed by atoms with E-state index in [0.717, 1.165) is 39.1 Å². The van der Waals surface area contributed by atoms with Gasteiger partial charge in [-0.05, 0) is 32.4 Å². The maximum Gasteiger partial charge on any atom is 0.0900 e. The standard InChI is InChI=1S/C12H25NO2/c1-2-3-9-15-11-12(14)10-13-7-5-4-6-8-13/h12,14H,2-11H2,1H3. The molecule has 0 radical (unpaired) electrons. The summed E-state index contributed by atoms with van der Waals surface area (Å²) in [6.07, 6.45) is 5.85. The highest BCUT2D eigenvalue weighted by Gasteiger charge is 2.14. The van der Waals surface area contributed by atoms with Gasteiger partial charge in [-0.2, -0.15) is 0 Å². The summed E-state index contributed by atoms with van der Waals surface area (Å²) >= 11 is 0. The van der Waals surface area contributed by atoms with Gasteiger partial charge in [-0.3, -0.25) is 0 Å². The Labute approximate surface area is 93.4 Å². The molecule has 0 amide bonds. The first-order valence-electron chi connectivity index (χ1n) is 6.31. The van der Waals surface area contributed by atoms with Gasteiger partial charge in [0.25, 0.3) is 0 Å². The van der Waals surface area contributed by atoms with Gasteiger partial charge in [0.05, 0.1) is 12.7 Å². The van der Waals surface area contributed by atoms with Gasteiger partial charge in [-0.25, -0.2) is 0 Å². The topological polar surface area (TPSA) is 32.7 Å². The summed E-state index contributed by atoms with van der Waals surface area (Å²) in [7, 11) is 0. The van der Waals surface area contributed by atoms with Crippen LogP contribution in [0.4, 0.5) is 0 Å². The summed E-state index contributed by atoms with van der Waals surface area (Å²) in [6.45, 7) is 6.50. The van der Waals surface area contributed by atoms with Gasteiger partial charge in [0.2, 0.25) is 0 Å². The molecule has 0 bridgehead atoms. The Morgan fingerprint density at radius 1 is 1.27 bits per heavy atom. The first-order chi connectivity index (χ1) is 7.33. The van der Waals surface area contributed by atoms with E-state index in [0.29, 0.717) is 6.61 Å². The van der Waals surface area contributed by atoms with E-state index in [1.54, 1.807) is 0 Å². The van der Waals surface area contributed by atoms with Crippen molar-refractivity contribution in [2.24, 2.45) is 0 Å². The van der Waals surface area contributed by atoms with Crippen LogP contribution in [0.25, 0.3) is 0 Å². The van der Waals surface area contributed by atoms with Gasteiger partial charge in [-0.1, -0.05) is 19.8 Å². The molecule has 1 atom stereocenters. The Morgan fingerprint density at radius 2 is 2.00 bits per heavy atom. The molecule has 0 spiro atoms. The van der Waals surface area contributed by atoms with Crippen molar-refractivity contribution in [2.45, 2.75) is 45.1 Å². The molecule has 1 rings (SSSR count). The number of ether oxygens (including phenoxy) is 1. The van der Waals surface area contributed by atoms with Crippen molar-refractivity contribution in [1.82, 2.24) is 4.90 Å². The van der Waals surface area contributed by atoms with Crippen LogP contribution in [-0.2, 0) is 4.74 Å². The number of hydrogen-bond acceptors (Lipinski definition) is 3. The van der Waals surface area contributed by atoms with Crippen molar-refractivity contribution in [3.63, 3.8) is 0 Å². The van der Waals surface area contributed by atoms with Crippen LogP contribution in [0.1, 0.15) is 39.0 Å². The van der Waals surface area contributed by atoms with E-state index < -0.39 is 0 Å². The average molecular weight is 215 g/mol. The summed E-state index contributed by atoms with van der Waals surface area (Å²) in [5.41, 5.74) is 0. The van der Waals surface area contributed by atoms with Crippen LogP contribution < -0.4 is 0 Å². The van der Waals surface area contributed by atoms with Crippen molar-refractivity contribution in [3.05, 3.63) is 0 Å². The quantitative estimate of drug-likeness (QED) is 0.655. The Kier molecular flexibility index (Phi) is 6.98. The number of hydrogen-bond donors (Lipinski definition) is 1. The van der Waals surface area contributed by atoms with Crippen LogP contribution >= 0.6 is 0 Å². The third kappa shape index (κ3) is 6.13. The largest absolute Gasteiger partial charge is 0.389 e. The van der Waals surface area contributed by atoms with E-state index in [9.17, 15) is 5.11 Å². The summed E-state index contributed by atoms with van der Waals surface area (Å²) < 4.78 is 5.40. The van der Waals surface area contributed by atoms with E-state index in [4.69, 9.17) is 4.74 Å². The molecule has 0 aromatic heterocycles. The molecule has 0 aromatic carbocycles. The number of rotatable bonds is 7. The van der Waals surface area contributed by atoms with E-state index in [-0.39, 0.29) is 6.10 Å². The summed E-state index contributed by atoms with van der Waals surface area (Å²) in [6, 6.07) is 0. The smallest absolute Gasteiger partial charge is 0.0900 e. The number of nitrogens with zero attached hydrogens (tertiary/aromatic N) is 1. The maximum atomic E-state index is 9.73. The van der Waals surface area contributed by atoms with Gasteiger partial charge in [0.15, 0.2) is 0 Å². The monoisotopic (exact) mass is 215 g/mol. The second-order valence-electron chi connectivity index (χ2n) is 4.44. The highest BCUT2D eigenvalue weighted by Crippen LogP contribution is 2.08. The maximum absolute atomic E-state index is 9.73. The Hall–Kier alpha value is -0.120. The van der Waals surface area contributed by atoms with Gasteiger partial charge in [0, 0.05) is 13.2 Å². The first kappa shape index (κ1) is 12.9. The molecule has 0 saturated carbocycles. The summed E-state index contributed by atoms with van der Waals surface area (Å²) in [4.78, 5) is 2.34. The fourth-order valence-electron chi connectivity index (χ4n) is 1.96. The van der Waals surface area contributed by atoms with Crippen molar-refractivity contribution < 1.29 is 9.84 Å². The molecule has 90 valence electrons. The van der Waals surface area contributed by atoms with Gasteiger partial charge in [-0.15, -0.1) is 0 Å². The third-order valence-electron chi connectivity index (χ3n) is 2.87. The molecule has 1 N–H and O–H groups in total. The molecule has 1 aliphatic heterocycles. The van der Waals surface area contributed by atoms with E-state index in [2.05, 4.69) is 11.8 Å². The zero-order valence-electron chi connectivity index (χ0n) is 9.95. The number of piperidine rings is 1. The molecule has 1 aliphatic rings. The number of likely N-dealkylation sites (tertiary alicyclic amines) is 1. The average Bonchev–Trinajstić information content (AvgIpc) is 2.26. The lowest BCUT2D eigenvalue weighted by atomic mass is 10.1. The minimum atomic E-state index is -0.306. The molecule has 1 unspecified atom stereocenters. The Balaban J connectivity index is 1.98. The first-order valence-corrected chi connectivity index (χ1v) is 6.31. The van der Waals surface area contributed by atoms with Crippen LogP contribution in [0.3, 0.4) is 0 Å². The summed E-state index contributed by atoms with van der Waals surface area (Å²) in [5.74, 6) is 0. The van der Waals surface area contributed by atoms with Crippen molar-refractivity contribution in [1.29, 1.82) is 0 Å². The van der Waals surface area contributed by atoms with Gasteiger partial charge >= 0.3 is 0 Å². The molecule has 3 nitrogen and oxygen atoms in total. The fraction of sp³-hybridized carbons (Fsp3) is 1.00. The normalized spacial score (nSPS) is 20.4. The fourth-order valence-corrected chi connectivity index (χ4v) is 1.96. The predicted octanol–water partition coefficient (Wildman–Crippen LogP) is 1.65. The van der Waals surface area contributed by atoms with Crippen molar-refractivity contribution in [3.8, 4) is 0 Å². The summed E-state index contributed by atoms with van der Waals surface area (Å²) in [5, 5.41) is 9.73. The molecule has 0 aliphatic carbocycles. The molecule has 1 heterocycles. The number of β-amino-alcohol motifs (C(OH)–C–C–N with tert-alkyl or cyclic N) is 1. The highest BCUT2D eigenvalue weighted by atomic mass is 16.5. The SMILES string of the molecule is CCCCOCC(O)CN1CCCCC1. The molecular formula is C12H25NO2. The Bertz CT molecular complexity index is 147. The molecular weight excluding hydrogens is 190 g/mol. The minimum Gasteiger partial charge on any atom is -0.389 e. The van der Waals surface area contributed by atoms with E-state index in [1.165, 1.54) is 19.3 Å². The van der Waals surface area contributed by atoms with Crippen LogP contribution in [0, 0.1) is 0 Å². The second-order valence-corrected chi connectivity index (χ2v) is 4.44. The number of aliphatic hydroxyl groups excluding tert-OH is 1. The third-order valence-corrected chi connectivity index (χ3v) is 2.87. The lowest BCUT2D eigenvalue weighted by Crippen LogP contribution is -2.38. The van der Waals surface area contributed by atoms with Gasteiger partial charge < -0.3 is 14.7 Å². The lowest BCUT2D eigenvalue weighted by molar-refractivity contribution is 0.0128. The van der Waals surface area contributed by atoms with Crippen LogP contribution in [0.15, 0.2) is 0 Å². The minimum absolute atomic E-state index is 0.306. The predicted molar refractivity (Wildman–Crippen MR) is 62.0 cm³/mol. The van der Waals surface area contributed by atoms with Crippen LogP contribution in [-0.4, -0.2) is 49.0 Å². The molecule has 3 heteroatoms. The highest BCUT2D eigenvalue weighted by molar-refractivity contribution is 4.68. The van der Waals surface area contributed by atoms with Crippen LogP contribution in [0.2, 0.25) is 0 Å². The van der Waals surface area contributed by atoms with Gasteiger partial charge in [0.1, 0.15) is 0 Å². The zero-order valence-corrected chi connectivity index (χ0v) is 9.95. The van der Waals surface area contributed by atoms with Crippen LogP contribution in [0.5, 0.6) is 0 Å². The molecule has 0 aromatic rings. The number of unbranched alkanes of at least 4 members (excludes halogenated alkanes) is 1. The number of aliphatic hydroxyl groups is 1. The van der Waals surface area contributed by atoms with Crippen molar-refractivity contribution >= 4 is 0 Å². The lowest BCUT2D eigenvalue weighted by Gasteiger charge is -2.28. The molecule has 15 heavy (non-hydrogen) atoms. The molecule has 1 fully saturated rings.